The number of hydrogen-bond acceptors (Lipinski definition) is 8. The molecule has 3 aromatic heterocycles. The molecule has 0 bridgehead atoms. The largest absolute Gasteiger partial charge is 0.493 e. The lowest BCUT2D eigenvalue weighted by molar-refractivity contribution is 0.0461. The van der Waals surface area contributed by atoms with E-state index in [-0.39, 0.29) is 17.3 Å². The van der Waals surface area contributed by atoms with E-state index >= 15 is 0 Å². The first-order chi connectivity index (χ1) is 15.9. The maximum atomic E-state index is 12.7. The Morgan fingerprint density at radius 1 is 1.12 bits per heavy atom. The van der Waals surface area contributed by atoms with Gasteiger partial charge in [0.2, 0.25) is 0 Å². The number of aromatic nitrogens is 4. The lowest BCUT2D eigenvalue weighted by atomic mass is 10.2. The molecule has 0 fully saturated rings. The first-order valence-electron chi connectivity index (χ1n) is 9.94. The van der Waals surface area contributed by atoms with Crippen LogP contribution in [-0.2, 0) is 11.3 Å². The molecule has 0 aliphatic rings. The normalized spacial score (nSPS) is 10.8. The number of esters is 1. The molecule has 10 heteroatoms. The van der Waals surface area contributed by atoms with Crippen LogP contribution in [0.25, 0.3) is 16.4 Å². The zero-order chi connectivity index (χ0) is 23.5. The highest BCUT2D eigenvalue weighted by Gasteiger charge is 2.19. The van der Waals surface area contributed by atoms with Gasteiger partial charge in [-0.15, -0.1) is 11.3 Å². The number of carbonyl (C=O) groups excluding carboxylic acids is 1. The van der Waals surface area contributed by atoms with Crippen LogP contribution in [0.2, 0.25) is 5.02 Å². The van der Waals surface area contributed by atoms with Gasteiger partial charge in [0.05, 0.1) is 36.2 Å². The minimum absolute atomic E-state index is 0.0200. The number of hydrogen-bond donors (Lipinski definition) is 0. The van der Waals surface area contributed by atoms with Crippen LogP contribution in [0, 0.1) is 13.8 Å². The number of rotatable bonds is 7. The quantitative estimate of drug-likeness (QED) is 0.340. The molecule has 0 N–H and O–H groups in total. The summed E-state index contributed by atoms with van der Waals surface area (Å²) in [5, 5.41) is 7.14. The molecule has 1 aromatic carbocycles. The summed E-state index contributed by atoms with van der Waals surface area (Å²) in [5.74, 6) is 1.05. The Bertz CT molecular complexity index is 1320. The molecule has 8 nitrogen and oxygen atoms in total. The average Bonchev–Trinajstić information content (AvgIpc) is 3.42. The van der Waals surface area contributed by atoms with E-state index in [0.717, 1.165) is 22.0 Å². The van der Waals surface area contributed by atoms with Crippen LogP contribution < -0.4 is 9.47 Å². The number of aryl methyl sites for hydroxylation is 2. The fourth-order valence-corrected chi connectivity index (χ4v) is 4.32. The summed E-state index contributed by atoms with van der Waals surface area (Å²) >= 11 is 7.63. The SMILES string of the molecule is COc1cccc(-c2nc(COC(=O)c3nc(-n4nc(C)cc4C)ccc3Cl)cs2)c1OC. The van der Waals surface area contributed by atoms with E-state index in [1.807, 2.05) is 43.5 Å². The summed E-state index contributed by atoms with van der Waals surface area (Å²) in [5.41, 5.74) is 3.15. The Morgan fingerprint density at radius 2 is 1.94 bits per heavy atom. The minimum atomic E-state index is -0.642. The van der Waals surface area contributed by atoms with Crippen LogP contribution in [0.5, 0.6) is 11.5 Å². The third-order valence-electron chi connectivity index (χ3n) is 4.79. The third-order valence-corrected chi connectivity index (χ3v) is 6.02. The summed E-state index contributed by atoms with van der Waals surface area (Å²) < 4.78 is 17.9. The highest BCUT2D eigenvalue weighted by Crippen LogP contribution is 2.39. The van der Waals surface area contributed by atoms with Crippen molar-refractivity contribution in [2.45, 2.75) is 20.5 Å². The topological polar surface area (TPSA) is 88.4 Å². The number of thiazole rings is 1. The molecular weight excluding hydrogens is 464 g/mol. The lowest BCUT2D eigenvalue weighted by Crippen LogP contribution is -2.11. The summed E-state index contributed by atoms with van der Waals surface area (Å²) in [6, 6.07) is 10.8. The number of nitrogens with zero attached hydrogens (tertiary/aromatic N) is 4. The molecule has 0 radical (unpaired) electrons. The molecule has 4 aromatic rings. The fraction of sp³-hybridized carbons (Fsp3) is 0.217. The Hall–Kier alpha value is -3.43. The molecule has 3 heterocycles. The first-order valence-corrected chi connectivity index (χ1v) is 11.2. The van der Waals surface area contributed by atoms with Crippen molar-refractivity contribution in [2.75, 3.05) is 14.2 Å². The zero-order valence-corrected chi connectivity index (χ0v) is 20.0. The van der Waals surface area contributed by atoms with Gasteiger partial charge >= 0.3 is 5.97 Å². The second-order valence-corrected chi connectivity index (χ2v) is 8.37. The Balaban J connectivity index is 1.51. The summed E-state index contributed by atoms with van der Waals surface area (Å²) in [4.78, 5) is 21.7. The van der Waals surface area contributed by atoms with Gasteiger partial charge in [-0.05, 0) is 44.2 Å². The number of benzene rings is 1. The maximum Gasteiger partial charge on any atom is 0.358 e. The van der Waals surface area contributed by atoms with Gasteiger partial charge < -0.3 is 14.2 Å². The van der Waals surface area contributed by atoms with Crippen LogP contribution in [-0.4, -0.2) is 39.9 Å². The van der Waals surface area contributed by atoms with Crippen LogP contribution in [0.1, 0.15) is 27.6 Å². The van der Waals surface area contributed by atoms with Gasteiger partial charge in [0, 0.05) is 11.1 Å². The molecule has 4 rings (SSSR count). The molecule has 0 aliphatic heterocycles. The van der Waals surface area contributed by atoms with E-state index in [9.17, 15) is 4.79 Å². The van der Waals surface area contributed by atoms with Gasteiger partial charge in [-0.1, -0.05) is 17.7 Å². The van der Waals surface area contributed by atoms with Crippen LogP contribution in [0.15, 0.2) is 41.8 Å². The number of methoxy groups -OCH3 is 2. The van der Waals surface area contributed by atoms with Crippen molar-refractivity contribution in [2.24, 2.45) is 0 Å². The molecule has 0 atom stereocenters. The van der Waals surface area contributed by atoms with Crippen molar-refractivity contribution in [1.29, 1.82) is 0 Å². The monoisotopic (exact) mass is 484 g/mol. The highest BCUT2D eigenvalue weighted by atomic mass is 35.5. The second-order valence-electron chi connectivity index (χ2n) is 7.10. The van der Waals surface area contributed by atoms with E-state index in [4.69, 9.17) is 25.8 Å². The van der Waals surface area contributed by atoms with Crippen molar-refractivity contribution >= 4 is 28.9 Å². The van der Waals surface area contributed by atoms with Gasteiger partial charge in [0.15, 0.2) is 23.0 Å². The standard InChI is InChI=1S/C23H21ClN4O4S/c1-13-10-14(2)28(27-13)19-9-8-17(24)20(26-19)23(29)32-11-15-12-33-22(25-15)16-6-5-7-18(30-3)21(16)31-4/h5-10,12H,11H2,1-4H3. The van der Waals surface area contributed by atoms with Crippen LogP contribution in [0.4, 0.5) is 0 Å². The van der Waals surface area contributed by atoms with E-state index in [1.165, 1.54) is 11.3 Å². The number of halogens is 1. The van der Waals surface area contributed by atoms with E-state index in [1.54, 1.807) is 31.0 Å². The van der Waals surface area contributed by atoms with Crippen molar-refractivity contribution in [3.8, 4) is 27.9 Å². The molecule has 33 heavy (non-hydrogen) atoms. The first kappa shape index (κ1) is 22.8. The third kappa shape index (κ3) is 4.69. The second kappa shape index (κ2) is 9.60. The molecule has 0 saturated carbocycles. The summed E-state index contributed by atoms with van der Waals surface area (Å²) in [6.45, 7) is 3.77. The van der Waals surface area contributed by atoms with Gasteiger partial charge in [0.25, 0.3) is 0 Å². The smallest absolute Gasteiger partial charge is 0.358 e. The van der Waals surface area contributed by atoms with Crippen molar-refractivity contribution < 1.29 is 19.0 Å². The molecular formula is C23H21ClN4O4S. The zero-order valence-electron chi connectivity index (χ0n) is 18.5. The molecule has 0 unspecified atom stereocenters. The molecule has 0 amide bonds. The van der Waals surface area contributed by atoms with Gasteiger partial charge in [-0.2, -0.15) is 5.10 Å². The average molecular weight is 485 g/mol. The van der Waals surface area contributed by atoms with Gasteiger partial charge in [0.1, 0.15) is 11.6 Å². The van der Waals surface area contributed by atoms with Gasteiger partial charge in [-0.3, -0.25) is 0 Å². The predicted octanol–water partition coefficient (Wildman–Crippen LogP) is 5.04. The predicted molar refractivity (Wildman–Crippen MR) is 126 cm³/mol. The van der Waals surface area contributed by atoms with Crippen molar-refractivity contribution in [3.63, 3.8) is 0 Å². The van der Waals surface area contributed by atoms with Crippen LogP contribution in [0.3, 0.4) is 0 Å². The van der Waals surface area contributed by atoms with Gasteiger partial charge in [-0.25, -0.2) is 19.4 Å². The lowest BCUT2D eigenvalue weighted by Gasteiger charge is -2.10. The molecule has 0 saturated heterocycles. The Kier molecular flexibility index (Phi) is 6.62. The van der Waals surface area contributed by atoms with Crippen molar-refractivity contribution in [1.82, 2.24) is 19.7 Å². The molecule has 170 valence electrons. The summed E-state index contributed by atoms with van der Waals surface area (Å²) in [7, 11) is 3.16. The maximum absolute atomic E-state index is 12.7. The van der Waals surface area contributed by atoms with E-state index in [2.05, 4.69) is 15.1 Å². The van der Waals surface area contributed by atoms with E-state index in [0.29, 0.717) is 23.0 Å². The number of ether oxygens (including phenoxy) is 3. The number of para-hydroxylation sites is 1. The number of carbonyl (C=O) groups is 1. The van der Waals surface area contributed by atoms with E-state index < -0.39 is 5.97 Å². The Labute approximate surface area is 199 Å². The van der Waals surface area contributed by atoms with Crippen LogP contribution >= 0.6 is 22.9 Å². The molecule has 0 aliphatic carbocycles. The summed E-state index contributed by atoms with van der Waals surface area (Å²) in [6.07, 6.45) is 0. The number of pyridine rings is 1. The molecule has 0 spiro atoms. The fourth-order valence-electron chi connectivity index (χ4n) is 3.31. The highest BCUT2D eigenvalue weighted by molar-refractivity contribution is 7.13. The van der Waals surface area contributed by atoms with Crippen molar-refractivity contribution in [3.05, 3.63) is 69.6 Å². The minimum Gasteiger partial charge on any atom is -0.493 e. The Morgan fingerprint density at radius 3 is 2.64 bits per heavy atom.